The number of halogens is 1. The van der Waals surface area contributed by atoms with Crippen molar-refractivity contribution in [2.75, 3.05) is 0 Å². The molecule has 0 aliphatic rings. The molecule has 1 heterocycles. The number of carbonyl (C=O) groups is 2. The molecule has 3 rings (SSSR count). The predicted octanol–water partition coefficient (Wildman–Crippen LogP) is 3.60. The van der Waals surface area contributed by atoms with Crippen molar-refractivity contribution in [3.05, 3.63) is 69.6 Å². The fourth-order valence-corrected chi connectivity index (χ4v) is 3.30. The Morgan fingerprint density at radius 2 is 1.79 bits per heavy atom. The summed E-state index contributed by atoms with van der Waals surface area (Å²) in [5, 5.41) is 13.0. The van der Waals surface area contributed by atoms with Crippen LogP contribution in [0.1, 0.15) is 25.6 Å². The molecule has 0 fully saturated rings. The number of hydrogen-bond donors (Lipinski definition) is 3. The molecule has 0 saturated carbocycles. The monoisotopic (exact) mass is 360 g/mol. The first-order valence-corrected chi connectivity index (χ1v) is 8.27. The summed E-state index contributed by atoms with van der Waals surface area (Å²) in [6.45, 7) is 0.399. The highest BCUT2D eigenvalue weighted by atomic mass is 35.5. The lowest BCUT2D eigenvalue weighted by molar-refractivity contribution is 0.0711. The van der Waals surface area contributed by atoms with Crippen molar-refractivity contribution in [3.63, 3.8) is 0 Å². The molecule has 0 aliphatic carbocycles. The SMILES string of the molecule is O=C(NCc1ccc(Cl)cc1)c1ccc2sc(C(=O)NO)cc2c1. The Bertz CT molecular complexity index is 906. The van der Waals surface area contributed by atoms with Gasteiger partial charge in [-0.15, -0.1) is 11.3 Å². The van der Waals surface area contributed by atoms with Crippen LogP contribution in [0.4, 0.5) is 0 Å². The van der Waals surface area contributed by atoms with E-state index in [2.05, 4.69) is 5.32 Å². The van der Waals surface area contributed by atoms with E-state index < -0.39 is 5.91 Å². The number of hydrogen-bond acceptors (Lipinski definition) is 4. The van der Waals surface area contributed by atoms with E-state index in [1.54, 1.807) is 41.9 Å². The van der Waals surface area contributed by atoms with Crippen LogP contribution < -0.4 is 10.8 Å². The minimum Gasteiger partial charge on any atom is -0.348 e. The Hall–Kier alpha value is -2.41. The molecule has 7 heteroatoms. The van der Waals surface area contributed by atoms with Gasteiger partial charge in [0.05, 0.1) is 4.88 Å². The summed E-state index contributed by atoms with van der Waals surface area (Å²) >= 11 is 7.08. The van der Waals surface area contributed by atoms with Crippen molar-refractivity contribution in [3.8, 4) is 0 Å². The van der Waals surface area contributed by atoms with E-state index in [1.807, 2.05) is 12.1 Å². The standard InChI is InChI=1S/C17H13ClN2O3S/c18-13-4-1-10(2-5-13)9-19-16(21)11-3-6-14-12(7-11)8-15(24-14)17(22)20-23/h1-8,23H,9H2,(H,19,21)(H,20,22). The Kier molecular flexibility index (Phi) is 4.80. The minimum atomic E-state index is -0.565. The van der Waals surface area contributed by atoms with E-state index in [-0.39, 0.29) is 5.91 Å². The fraction of sp³-hybridized carbons (Fsp3) is 0.0588. The lowest BCUT2D eigenvalue weighted by Crippen LogP contribution is -2.22. The molecule has 122 valence electrons. The number of amides is 2. The van der Waals surface area contributed by atoms with Crippen LogP contribution in [0.3, 0.4) is 0 Å². The first kappa shape index (κ1) is 16.4. The third-order valence-electron chi connectivity index (χ3n) is 3.47. The molecular formula is C17H13ClN2O3S. The number of nitrogens with one attached hydrogen (secondary N) is 2. The molecule has 0 unspecified atom stereocenters. The van der Waals surface area contributed by atoms with Crippen LogP contribution in [-0.4, -0.2) is 17.0 Å². The molecule has 24 heavy (non-hydrogen) atoms. The van der Waals surface area contributed by atoms with Crippen molar-refractivity contribution < 1.29 is 14.8 Å². The number of hydroxylamine groups is 1. The van der Waals surface area contributed by atoms with Crippen LogP contribution in [0.5, 0.6) is 0 Å². The van der Waals surface area contributed by atoms with Gasteiger partial charge in [-0.2, -0.15) is 0 Å². The fourth-order valence-electron chi connectivity index (χ4n) is 2.24. The summed E-state index contributed by atoms with van der Waals surface area (Å²) < 4.78 is 0.864. The van der Waals surface area contributed by atoms with E-state index in [0.717, 1.165) is 15.6 Å². The second kappa shape index (κ2) is 7.00. The van der Waals surface area contributed by atoms with Crippen LogP contribution >= 0.6 is 22.9 Å². The molecule has 3 N–H and O–H groups in total. The average Bonchev–Trinajstić information content (AvgIpc) is 3.03. The Labute approximate surface area is 146 Å². The maximum atomic E-state index is 12.3. The number of thiophene rings is 1. The quantitative estimate of drug-likeness (QED) is 0.491. The Morgan fingerprint density at radius 1 is 1.04 bits per heavy atom. The summed E-state index contributed by atoms with van der Waals surface area (Å²) in [6.07, 6.45) is 0. The lowest BCUT2D eigenvalue weighted by atomic mass is 10.1. The van der Waals surface area contributed by atoms with E-state index in [4.69, 9.17) is 16.8 Å². The highest BCUT2D eigenvalue weighted by molar-refractivity contribution is 7.20. The maximum absolute atomic E-state index is 12.3. The van der Waals surface area contributed by atoms with Gasteiger partial charge in [0.1, 0.15) is 0 Å². The van der Waals surface area contributed by atoms with Crippen LogP contribution in [0.2, 0.25) is 5.02 Å². The number of rotatable bonds is 4. The van der Waals surface area contributed by atoms with Gasteiger partial charge >= 0.3 is 0 Å². The van der Waals surface area contributed by atoms with Gasteiger partial charge in [-0.3, -0.25) is 14.8 Å². The van der Waals surface area contributed by atoms with Gasteiger partial charge in [0, 0.05) is 21.8 Å². The third-order valence-corrected chi connectivity index (χ3v) is 4.84. The number of benzene rings is 2. The van der Waals surface area contributed by atoms with Gasteiger partial charge in [0.25, 0.3) is 11.8 Å². The highest BCUT2D eigenvalue weighted by Crippen LogP contribution is 2.26. The topological polar surface area (TPSA) is 78.4 Å². The summed E-state index contributed by atoms with van der Waals surface area (Å²) in [5.74, 6) is -0.767. The molecule has 2 amide bonds. The molecule has 0 bridgehead atoms. The van der Waals surface area contributed by atoms with Gasteiger partial charge in [0.15, 0.2) is 0 Å². The van der Waals surface area contributed by atoms with Gasteiger partial charge < -0.3 is 5.32 Å². The highest BCUT2D eigenvalue weighted by Gasteiger charge is 2.12. The van der Waals surface area contributed by atoms with E-state index >= 15 is 0 Å². The minimum absolute atomic E-state index is 0.203. The van der Waals surface area contributed by atoms with Crippen LogP contribution in [0.25, 0.3) is 10.1 Å². The molecule has 3 aromatic rings. The molecule has 0 aliphatic heterocycles. The van der Waals surface area contributed by atoms with Crippen LogP contribution in [0, 0.1) is 0 Å². The van der Waals surface area contributed by atoms with E-state index in [9.17, 15) is 9.59 Å². The molecule has 0 spiro atoms. The van der Waals surface area contributed by atoms with Gasteiger partial charge in [-0.1, -0.05) is 23.7 Å². The number of fused-ring (bicyclic) bond motifs is 1. The Morgan fingerprint density at radius 3 is 2.50 bits per heavy atom. The largest absolute Gasteiger partial charge is 0.348 e. The second-order valence-electron chi connectivity index (χ2n) is 5.11. The maximum Gasteiger partial charge on any atom is 0.284 e. The van der Waals surface area contributed by atoms with Gasteiger partial charge in [-0.05, 0) is 47.3 Å². The van der Waals surface area contributed by atoms with Crippen molar-refractivity contribution in [2.45, 2.75) is 6.54 Å². The van der Waals surface area contributed by atoms with Crippen molar-refractivity contribution in [1.29, 1.82) is 0 Å². The zero-order valence-electron chi connectivity index (χ0n) is 12.4. The van der Waals surface area contributed by atoms with Crippen molar-refractivity contribution >= 4 is 44.8 Å². The smallest absolute Gasteiger partial charge is 0.284 e. The molecule has 0 atom stereocenters. The van der Waals surface area contributed by atoms with Crippen molar-refractivity contribution in [2.24, 2.45) is 0 Å². The summed E-state index contributed by atoms with van der Waals surface area (Å²) in [7, 11) is 0. The van der Waals surface area contributed by atoms with E-state index in [1.165, 1.54) is 11.3 Å². The van der Waals surface area contributed by atoms with Gasteiger partial charge in [0.2, 0.25) is 0 Å². The van der Waals surface area contributed by atoms with Crippen LogP contribution in [-0.2, 0) is 6.54 Å². The molecule has 1 aromatic heterocycles. The first-order chi connectivity index (χ1) is 11.6. The molecule has 0 radical (unpaired) electrons. The molecule has 5 nitrogen and oxygen atoms in total. The molecule has 2 aromatic carbocycles. The van der Waals surface area contributed by atoms with E-state index in [0.29, 0.717) is 22.0 Å². The summed E-state index contributed by atoms with van der Waals surface area (Å²) in [5.41, 5.74) is 3.06. The zero-order valence-corrected chi connectivity index (χ0v) is 13.9. The lowest BCUT2D eigenvalue weighted by Gasteiger charge is -2.06. The normalized spacial score (nSPS) is 10.6. The predicted molar refractivity (Wildman–Crippen MR) is 93.7 cm³/mol. The number of carbonyl (C=O) groups excluding carboxylic acids is 2. The van der Waals surface area contributed by atoms with Crippen LogP contribution in [0.15, 0.2) is 48.5 Å². The third kappa shape index (κ3) is 3.56. The summed E-state index contributed by atoms with van der Waals surface area (Å²) in [4.78, 5) is 24.1. The van der Waals surface area contributed by atoms with Gasteiger partial charge in [-0.25, -0.2) is 5.48 Å². The molecule has 0 saturated heterocycles. The first-order valence-electron chi connectivity index (χ1n) is 7.07. The zero-order chi connectivity index (χ0) is 17.1. The molecular weight excluding hydrogens is 348 g/mol. The Balaban J connectivity index is 1.74. The second-order valence-corrected chi connectivity index (χ2v) is 6.63. The average molecular weight is 361 g/mol. The van der Waals surface area contributed by atoms with Crippen molar-refractivity contribution in [1.82, 2.24) is 10.8 Å². The summed E-state index contributed by atoms with van der Waals surface area (Å²) in [6, 6.07) is 14.1.